The first-order valence-electron chi connectivity index (χ1n) is 9.30. The summed E-state index contributed by atoms with van der Waals surface area (Å²) in [6, 6.07) is 6.34. The summed E-state index contributed by atoms with van der Waals surface area (Å²) in [5, 5.41) is 0. The van der Waals surface area contributed by atoms with Crippen molar-refractivity contribution in [1.82, 2.24) is 14.8 Å². The minimum Gasteiger partial charge on any atom is -0.373 e. The predicted molar refractivity (Wildman–Crippen MR) is 91.7 cm³/mol. The third-order valence-electron chi connectivity index (χ3n) is 5.93. The van der Waals surface area contributed by atoms with E-state index in [0.717, 1.165) is 44.7 Å². The summed E-state index contributed by atoms with van der Waals surface area (Å²) in [5.41, 5.74) is 0.878. The minimum atomic E-state index is 0.0229. The largest absolute Gasteiger partial charge is 0.373 e. The molecule has 130 valence electrons. The van der Waals surface area contributed by atoms with Gasteiger partial charge in [0.1, 0.15) is 0 Å². The zero-order valence-corrected chi connectivity index (χ0v) is 14.3. The molecule has 3 saturated heterocycles. The van der Waals surface area contributed by atoms with Gasteiger partial charge in [0.05, 0.1) is 18.6 Å². The minimum absolute atomic E-state index is 0.0229. The topological polar surface area (TPSA) is 45.7 Å². The monoisotopic (exact) mass is 329 g/mol. The molecule has 5 nitrogen and oxygen atoms in total. The lowest BCUT2D eigenvalue weighted by atomic mass is 9.87. The van der Waals surface area contributed by atoms with Gasteiger partial charge in [-0.1, -0.05) is 6.07 Å². The van der Waals surface area contributed by atoms with Gasteiger partial charge < -0.3 is 9.64 Å². The van der Waals surface area contributed by atoms with Gasteiger partial charge in [-0.2, -0.15) is 0 Å². The fourth-order valence-corrected chi connectivity index (χ4v) is 4.44. The number of nitrogens with zero attached hydrogens (tertiary/aromatic N) is 3. The molecule has 3 aliphatic rings. The molecule has 0 radical (unpaired) electrons. The summed E-state index contributed by atoms with van der Waals surface area (Å²) in [6.07, 6.45) is 7.92. The molecule has 0 saturated carbocycles. The first-order chi connectivity index (χ1) is 11.7. The number of hydrogen-bond acceptors (Lipinski definition) is 4. The Morgan fingerprint density at radius 3 is 2.71 bits per heavy atom. The Kier molecular flexibility index (Phi) is 4.55. The first-order valence-corrected chi connectivity index (χ1v) is 9.30. The van der Waals surface area contributed by atoms with Crippen LogP contribution < -0.4 is 0 Å². The van der Waals surface area contributed by atoms with Gasteiger partial charge in [-0.05, 0) is 57.3 Å². The molecule has 3 aliphatic heterocycles. The van der Waals surface area contributed by atoms with Crippen LogP contribution in [0.3, 0.4) is 0 Å². The van der Waals surface area contributed by atoms with Gasteiger partial charge in [0.25, 0.3) is 0 Å². The maximum atomic E-state index is 12.5. The highest BCUT2D eigenvalue weighted by molar-refractivity contribution is 5.78. The number of ether oxygens (including phenoxy) is 1. The van der Waals surface area contributed by atoms with E-state index >= 15 is 0 Å². The van der Waals surface area contributed by atoms with Crippen LogP contribution in [0.4, 0.5) is 0 Å². The number of carbonyl (C=O) groups excluding carboxylic acids is 1. The molecule has 1 unspecified atom stereocenters. The standard InChI is InChI=1S/C19H27N3O2/c23-18(13-16-5-1-2-8-20-16)22-11-6-19(7-12-22)14-17(15-24-19)21-9-3-4-10-21/h1-2,5,8,17H,3-4,6-7,9-15H2. The quantitative estimate of drug-likeness (QED) is 0.849. The molecule has 0 bridgehead atoms. The molecule has 5 heteroatoms. The van der Waals surface area contributed by atoms with E-state index in [4.69, 9.17) is 4.74 Å². The van der Waals surface area contributed by atoms with Gasteiger partial charge in [-0.3, -0.25) is 14.7 Å². The highest BCUT2D eigenvalue weighted by atomic mass is 16.5. The summed E-state index contributed by atoms with van der Waals surface area (Å²) < 4.78 is 6.26. The van der Waals surface area contributed by atoms with E-state index in [1.165, 1.54) is 25.9 Å². The van der Waals surface area contributed by atoms with Crippen molar-refractivity contribution in [3.63, 3.8) is 0 Å². The number of carbonyl (C=O) groups is 1. The van der Waals surface area contributed by atoms with Crippen LogP contribution in [0.25, 0.3) is 0 Å². The van der Waals surface area contributed by atoms with Crippen LogP contribution in [0.15, 0.2) is 24.4 Å². The third kappa shape index (κ3) is 3.33. The summed E-state index contributed by atoms with van der Waals surface area (Å²) in [6.45, 7) is 4.98. The third-order valence-corrected chi connectivity index (χ3v) is 5.93. The number of likely N-dealkylation sites (tertiary alicyclic amines) is 2. The van der Waals surface area contributed by atoms with Crippen molar-refractivity contribution in [2.24, 2.45) is 0 Å². The normalized spacial score (nSPS) is 27.0. The van der Waals surface area contributed by atoms with E-state index in [9.17, 15) is 4.79 Å². The van der Waals surface area contributed by atoms with Crippen molar-refractivity contribution in [2.75, 3.05) is 32.8 Å². The van der Waals surface area contributed by atoms with Crippen LogP contribution >= 0.6 is 0 Å². The van der Waals surface area contributed by atoms with Crippen molar-refractivity contribution in [1.29, 1.82) is 0 Å². The number of pyridine rings is 1. The number of hydrogen-bond donors (Lipinski definition) is 0. The van der Waals surface area contributed by atoms with E-state index < -0.39 is 0 Å². The van der Waals surface area contributed by atoms with Crippen LogP contribution in [-0.4, -0.2) is 65.1 Å². The van der Waals surface area contributed by atoms with Crippen LogP contribution in [0.1, 0.15) is 37.8 Å². The van der Waals surface area contributed by atoms with Gasteiger partial charge in [0, 0.05) is 31.0 Å². The Morgan fingerprint density at radius 1 is 1.21 bits per heavy atom. The lowest BCUT2D eigenvalue weighted by Gasteiger charge is -2.39. The molecule has 0 aromatic carbocycles. The SMILES string of the molecule is O=C(Cc1ccccn1)N1CCC2(CC1)CC(N1CCCC1)CO2. The zero-order valence-electron chi connectivity index (χ0n) is 14.3. The average molecular weight is 329 g/mol. The van der Waals surface area contributed by atoms with E-state index in [1.54, 1.807) is 6.20 Å². The lowest BCUT2D eigenvalue weighted by molar-refractivity contribution is -0.135. The van der Waals surface area contributed by atoms with Crippen LogP contribution in [0, 0.1) is 0 Å². The van der Waals surface area contributed by atoms with Crippen LogP contribution in [0.5, 0.6) is 0 Å². The predicted octanol–water partition coefficient (Wildman–Crippen LogP) is 1.87. The van der Waals surface area contributed by atoms with Crippen molar-refractivity contribution in [3.8, 4) is 0 Å². The second kappa shape index (κ2) is 6.81. The maximum absolute atomic E-state index is 12.5. The molecule has 1 amide bonds. The Hall–Kier alpha value is -1.46. The van der Waals surface area contributed by atoms with Gasteiger partial charge in [0.2, 0.25) is 5.91 Å². The molecule has 1 atom stereocenters. The molecule has 3 fully saturated rings. The molecule has 4 heterocycles. The van der Waals surface area contributed by atoms with E-state index in [-0.39, 0.29) is 11.5 Å². The summed E-state index contributed by atoms with van der Waals surface area (Å²) in [7, 11) is 0. The van der Waals surface area contributed by atoms with E-state index in [1.807, 2.05) is 23.1 Å². The highest BCUT2D eigenvalue weighted by Gasteiger charge is 2.45. The molecular weight excluding hydrogens is 302 g/mol. The first kappa shape index (κ1) is 16.0. The average Bonchev–Trinajstić information content (AvgIpc) is 3.27. The second-order valence-corrected chi connectivity index (χ2v) is 7.47. The number of aromatic nitrogens is 1. The van der Waals surface area contributed by atoms with E-state index in [2.05, 4.69) is 9.88 Å². The molecule has 4 rings (SSSR count). The second-order valence-electron chi connectivity index (χ2n) is 7.47. The van der Waals surface area contributed by atoms with Gasteiger partial charge in [0.15, 0.2) is 0 Å². The lowest BCUT2D eigenvalue weighted by Crippen LogP contribution is -2.47. The van der Waals surface area contributed by atoms with Gasteiger partial charge in [-0.25, -0.2) is 0 Å². The molecule has 1 spiro atoms. The number of piperidine rings is 1. The van der Waals surface area contributed by atoms with Crippen molar-refractivity contribution in [3.05, 3.63) is 30.1 Å². The Morgan fingerprint density at radius 2 is 2.00 bits per heavy atom. The summed E-state index contributed by atoms with van der Waals surface area (Å²) in [4.78, 5) is 21.3. The fourth-order valence-electron chi connectivity index (χ4n) is 4.44. The number of rotatable bonds is 3. The molecule has 0 N–H and O–H groups in total. The summed E-state index contributed by atoms with van der Waals surface area (Å²) >= 11 is 0. The van der Waals surface area contributed by atoms with Crippen LogP contribution in [0.2, 0.25) is 0 Å². The highest BCUT2D eigenvalue weighted by Crippen LogP contribution is 2.38. The van der Waals surface area contributed by atoms with Gasteiger partial charge >= 0.3 is 0 Å². The van der Waals surface area contributed by atoms with Crippen molar-refractivity contribution in [2.45, 2.75) is 50.2 Å². The molecule has 1 aromatic rings. The Labute approximate surface area is 144 Å². The zero-order chi connectivity index (χ0) is 16.4. The molecule has 1 aromatic heterocycles. The number of amides is 1. The molecular formula is C19H27N3O2. The van der Waals surface area contributed by atoms with E-state index in [0.29, 0.717) is 12.5 Å². The smallest absolute Gasteiger partial charge is 0.228 e. The Balaban J connectivity index is 1.29. The molecule has 24 heavy (non-hydrogen) atoms. The Bertz CT molecular complexity index is 563. The summed E-state index contributed by atoms with van der Waals surface area (Å²) in [5.74, 6) is 0.192. The van der Waals surface area contributed by atoms with Gasteiger partial charge in [-0.15, -0.1) is 0 Å². The van der Waals surface area contributed by atoms with Crippen molar-refractivity contribution < 1.29 is 9.53 Å². The van der Waals surface area contributed by atoms with Crippen molar-refractivity contribution >= 4 is 5.91 Å². The maximum Gasteiger partial charge on any atom is 0.228 e. The fraction of sp³-hybridized carbons (Fsp3) is 0.684. The molecule has 0 aliphatic carbocycles. The van der Waals surface area contributed by atoms with Crippen LogP contribution in [-0.2, 0) is 16.0 Å².